The number of halogens is 1. The van der Waals surface area contributed by atoms with Gasteiger partial charge in [0.15, 0.2) is 4.34 Å². The number of hydrogen-bond donors (Lipinski definition) is 0. The van der Waals surface area contributed by atoms with Crippen LogP contribution >= 0.6 is 46.0 Å². The van der Waals surface area contributed by atoms with E-state index in [2.05, 4.69) is 33.5 Å². The van der Waals surface area contributed by atoms with Gasteiger partial charge in [0, 0.05) is 20.8 Å². The number of benzene rings is 1. The highest BCUT2D eigenvalue weighted by atomic mass is 35.5. The highest BCUT2D eigenvalue weighted by Crippen LogP contribution is 2.33. The highest BCUT2D eigenvalue weighted by molar-refractivity contribution is 8.00. The van der Waals surface area contributed by atoms with Gasteiger partial charge in [0.1, 0.15) is 5.00 Å². The lowest BCUT2D eigenvalue weighted by molar-refractivity contribution is 0.768. The summed E-state index contributed by atoms with van der Waals surface area (Å²) in [5.74, 6) is 0. The van der Waals surface area contributed by atoms with Gasteiger partial charge in [0.2, 0.25) is 5.16 Å². The van der Waals surface area contributed by atoms with E-state index in [-0.39, 0.29) is 0 Å². The standard InChI is InChI=1S/C15H10ClN5S3/c1-9-2-7-13(23-9)21-14(18-19-20-21)24-15-17-12(8-22-15)10-3-5-11(16)6-4-10/h2-8H,1H3. The number of hydrogen-bond acceptors (Lipinski definition) is 7. The van der Waals surface area contributed by atoms with Gasteiger partial charge in [-0.1, -0.05) is 23.7 Å². The van der Waals surface area contributed by atoms with Crippen LogP contribution in [0, 0.1) is 6.92 Å². The van der Waals surface area contributed by atoms with E-state index < -0.39 is 0 Å². The summed E-state index contributed by atoms with van der Waals surface area (Å²) < 4.78 is 2.63. The Morgan fingerprint density at radius 1 is 1.12 bits per heavy atom. The molecule has 9 heteroatoms. The van der Waals surface area contributed by atoms with E-state index in [1.165, 1.54) is 16.6 Å². The minimum Gasteiger partial charge on any atom is -0.229 e. The first-order valence-electron chi connectivity index (χ1n) is 6.93. The van der Waals surface area contributed by atoms with Crippen LogP contribution in [0.2, 0.25) is 5.02 Å². The molecule has 3 heterocycles. The number of aromatic nitrogens is 5. The van der Waals surface area contributed by atoms with Crippen LogP contribution in [0.4, 0.5) is 0 Å². The molecule has 0 bridgehead atoms. The summed E-state index contributed by atoms with van der Waals surface area (Å²) in [7, 11) is 0. The monoisotopic (exact) mass is 391 g/mol. The fourth-order valence-electron chi connectivity index (χ4n) is 2.05. The van der Waals surface area contributed by atoms with Gasteiger partial charge >= 0.3 is 0 Å². The summed E-state index contributed by atoms with van der Waals surface area (Å²) in [5, 5.41) is 16.4. The van der Waals surface area contributed by atoms with Crippen molar-refractivity contribution in [3.8, 4) is 16.3 Å². The van der Waals surface area contributed by atoms with E-state index in [0.29, 0.717) is 10.2 Å². The largest absolute Gasteiger partial charge is 0.229 e. The van der Waals surface area contributed by atoms with Gasteiger partial charge in [0.05, 0.1) is 5.69 Å². The lowest BCUT2D eigenvalue weighted by atomic mass is 10.2. The third kappa shape index (κ3) is 3.23. The Kier molecular flexibility index (Phi) is 4.36. The number of tetrazole rings is 1. The Balaban J connectivity index is 1.59. The van der Waals surface area contributed by atoms with E-state index >= 15 is 0 Å². The fraction of sp³-hybridized carbons (Fsp3) is 0.0667. The summed E-state index contributed by atoms with van der Waals surface area (Å²) >= 11 is 10.6. The molecule has 0 N–H and O–H groups in total. The minimum atomic E-state index is 0.703. The zero-order valence-electron chi connectivity index (χ0n) is 12.4. The molecule has 0 atom stereocenters. The zero-order valence-corrected chi connectivity index (χ0v) is 15.6. The third-order valence-electron chi connectivity index (χ3n) is 3.18. The average molecular weight is 392 g/mol. The molecule has 0 unspecified atom stereocenters. The summed E-state index contributed by atoms with van der Waals surface area (Å²) in [4.78, 5) is 5.88. The first-order valence-corrected chi connectivity index (χ1v) is 9.82. The Bertz CT molecular complexity index is 973. The molecule has 0 aliphatic heterocycles. The third-order valence-corrected chi connectivity index (χ3v) is 6.28. The van der Waals surface area contributed by atoms with Crippen LogP contribution in [0.1, 0.15) is 4.88 Å². The molecule has 5 nitrogen and oxygen atoms in total. The normalized spacial score (nSPS) is 11.1. The first kappa shape index (κ1) is 15.8. The highest BCUT2D eigenvalue weighted by Gasteiger charge is 2.14. The van der Waals surface area contributed by atoms with Gasteiger partial charge < -0.3 is 0 Å². The molecule has 0 saturated carbocycles. The smallest absolute Gasteiger partial charge is 0.221 e. The SMILES string of the molecule is Cc1ccc(-n2nnnc2Sc2nc(-c3ccc(Cl)cc3)cs2)s1. The van der Waals surface area contributed by atoms with E-state index in [4.69, 9.17) is 11.6 Å². The van der Waals surface area contributed by atoms with Gasteiger partial charge in [-0.3, -0.25) is 0 Å². The average Bonchev–Trinajstić information content (AvgIpc) is 3.30. The summed E-state index contributed by atoms with van der Waals surface area (Å²) in [6.45, 7) is 2.06. The molecule has 0 aliphatic rings. The van der Waals surface area contributed by atoms with Crippen LogP contribution in [-0.4, -0.2) is 25.2 Å². The van der Waals surface area contributed by atoms with Crippen molar-refractivity contribution in [1.29, 1.82) is 0 Å². The van der Waals surface area contributed by atoms with Crippen LogP contribution in [0.3, 0.4) is 0 Å². The molecule has 0 spiro atoms. The number of nitrogens with zero attached hydrogens (tertiary/aromatic N) is 5. The maximum absolute atomic E-state index is 5.93. The molecule has 0 saturated heterocycles. The van der Waals surface area contributed by atoms with Crippen molar-refractivity contribution in [3.05, 3.63) is 51.7 Å². The van der Waals surface area contributed by atoms with Gasteiger partial charge in [-0.2, -0.15) is 4.68 Å². The fourth-order valence-corrected chi connectivity index (χ4v) is 4.76. The van der Waals surface area contributed by atoms with Crippen LogP contribution in [0.15, 0.2) is 51.3 Å². The molecule has 0 radical (unpaired) electrons. The molecule has 24 heavy (non-hydrogen) atoms. The molecule has 0 aliphatic carbocycles. The van der Waals surface area contributed by atoms with E-state index in [9.17, 15) is 0 Å². The van der Waals surface area contributed by atoms with E-state index in [0.717, 1.165) is 20.6 Å². The lowest BCUT2D eigenvalue weighted by Crippen LogP contribution is -1.95. The molecular formula is C15H10ClN5S3. The zero-order chi connectivity index (χ0) is 16.5. The Morgan fingerprint density at radius 2 is 1.96 bits per heavy atom. The second-order valence-electron chi connectivity index (χ2n) is 4.87. The molecule has 0 fully saturated rings. The van der Waals surface area contributed by atoms with Gasteiger partial charge in [-0.25, -0.2) is 4.98 Å². The van der Waals surface area contributed by atoms with Crippen molar-refractivity contribution < 1.29 is 0 Å². The quantitative estimate of drug-likeness (QED) is 0.492. The minimum absolute atomic E-state index is 0.703. The van der Waals surface area contributed by atoms with Crippen LogP contribution < -0.4 is 0 Å². The summed E-state index contributed by atoms with van der Waals surface area (Å²) in [5.41, 5.74) is 1.96. The predicted octanol–water partition coefficient (Wildman–Crippen LogP) is 4.96. The Hall–Kier alpha value is -1.74. The molecule has 4 rings (SSSR count). The molecule has 1 aromatic carbocycles. The van der Waals surface area contributed by atoms with Crippen molar-refractivity contribution in [2.75, 3.05) is 0 Å². The Labute approximate surface area is 155 Å². The second kappa shape index (κ2) is 6.64. The number of thiophene rings is 1. The van der Waals surface area contributed by atoms with E-state index in [1.54, 1.807) is 27.4 Å². The second-order valence-corrected chi connectivity index (χ2v) is 8.64. The van der Waals surface area contributed by atoms with Crippen LogP contribution in [0.25, 0.3) is 16.3 Å². The molecule has 3 aromatic heterocycles. The maximum Gasteiger partial charge on any atom is 0.221 e. The molecule has 4 aromatic rings. The van der Waals surface area contributed by atoms with Crippen molar-refractivity contribution in [3.63, 3.8) is 0 Å². The molecule has 0 amide bonds. The Morgan fingerprint density at radius 3 is 2.71 bits per heavy atom. The summed E-state index contributed by atoms with van der Waals surface area (Å²) in [6.07, 6.45) is 0. The first-order chi connectivity index (χ1) is 11.7. The van der Waals surface area contributed by atoms with Crippen LogP contribution in [0.5, 0.6) is 0 Å². The predicted molar refractivity (Wildman–Crippen MR) is 98.5 cm³/mol. The van der Waals surface area contributed by atoms with E-state index in [1.807, 2.05) is 35.7 Å². The number of aryl methyl sites for hydroxylation is 1. The number of thiazole rings is 1. The van der Waals surface area contributed by atoms with Crippen molar-refractivity contribution in [2.45, 2.75) is 16.4 Å². The van der Waals surface area contributed by atoms with Crippen LogP contribution in [-0.2, 0) is 0 Å². The van der Waals surface area contributed by atoms with Gasteiger partial charge in [0.25, 0.3) is 0 Å². The van der Waals surface area contributed by atoms with Crippen molar-refractivity contribution in [2.24, 2.45) is 0 Å². The van der Waals surface area contributed by atoms with Gasteiger partial charge in [-0.15, -0.1) is 27.8 Å². The molecular weight excluding hydrogens is 382 g/mol. The van der Waals surface area contributed by atoms with Crippen molar-refractivity contribution in [1.82, 2.24) is 25.2 Å². The number of rotatable bonds is 4. The summed E-state index contributed by atoms with van der Waals surface area (Å²) in [6, 6.07) is 11.7. The maximum atomic E-state index is 5.93. The van der Waals surface area contributed by atoms with Crippen molar-refractivity contribution >= 4 is 46.0 Å². The van der Waals surface area contributed by atoms with Gasteiger partial charge in [-0.05, 0) is 53.4 Å². The lowest BCUT2D eigenvalue weighted by Gasteiger charge is -1.99. The molecule has 120 valence electrons. The topological polar surface area (TPSA) is 56.5 Å².